The highest BCUT2D eigenvalue weighted by Gasteiger charge is 2.13. The number of nitrogens with one attached hydrogen (secondary N) is 1. The second-order valence-corrected chi connectivity index (χ2v) is 3.10. The van der Waals surface area contributed by atoms with Crippen molar-refractivity contribution in [1.82, 2.24) is 20.2 Å². The van der Waals surface area contributed by atoms with E-state index in [1.165, 1.54) is 6.20 Å². The minimum absolute atomic E-state index is 0.238. The Balaban J connectivity index is 2.37. The van der Waals surface area contributed by atoms with Gasteiger partial charge in [-0.05, 0) is 18.6 Å². The molecule has 0 aliphatic rings. The molecule has 0 atom stereocenters. The number of aromatic nitrogens is 4. The average Bonchev–Trinajstić information content (AvgIpc) is 2.66. The largest absolute Gasteiger partial charge is 0.296 e. The van der Waals surface area contributed by atoms with Crippen LogP contribution in [0.1, 0.15) is 17.8 Å². The van der Waals surface area contributed by atoms with Crippen molar-refractivity contribution in [2.75, 3.05) is 0 Å². The Hall–Kier alpha value is -1.85. The first kappa shape index (κ1) is 9.70. The van der Waals surface area contributed by atoms with Crippen LogP contribution in [0.3, 0.4) is 0 Å². The highest BCUT2D eigenvalue weighted by atomic mass is 19.3. The van der Waals surface area contributed by atoms with Gasteiger partial charge in [-0.3, -0.25) is 10.1 Å². The maximum Gasteiger partial charge on any atom is 0.296 e. The molecule has 0 spiro atoms. The summed E-state index contributed by atoms with van der Waals surface area (Å²) in [6.07, 6.45) is 0.569. The first-order valence-corrected chi connectivity index (χ1v) is 4.29. The molecule has 0 unspecified atom stereocenters. The van der Waals surface area contributed by atoms with Crippen molar-refractivity contribution in [3.8, 4) is 11.4 Å². The van der Waals surface area contributed by atoms with E-state index < -0.39 is 12.2 Å². The summed E-state index contributed by atoms with van der Waals surface area (Å²) in [4.78, 5) is 7.60. The van der Waals surface area contributed by atoms with Gasteiger partial charge in [0.1, 0.15) is 0 Å². The number of halogens is 2. The van der Waals surface area contributed by atoms with Crippen LogP contribution in [0.25, 0.3) is 11.4 Å². The van der Waals surface area contributed by atoms with E-state index in [9.17, 15) is 8.78 Å². The zero-order chi connectivity index (χ0) is 10.8. The van der Waals surface area contributed by atoms with E-state index in [1.54, 1.807) is 12.3 Å². The number of pyridine rings is 1. The number of H-pyrrole nitrogens is 1. The lowest BCUT2D eigenvalue weighted by molar-refractivity contribution is 0.141. The van der Waals surface area contributed by atoms with E-state index in [4.69, 9.17) is 0 Å². The lowest BCUT2D eigenvalue weighted by Gasteiger charge is -1.95. The third-order valence-electron chi connectivity index (χ3n) is 1.84. The summed E-state index contributed by atoms with van der Waals surface area (Å²) in [6, 6.07) is 1.78. The monoisotopic (exact) mass is 210 g/mol. The summed E-state index contributed by atoms with van der Waals surface area (Å²) < 4.78 is 24.5. The lowest BCUT2D eigenvalue weighted by atomic mass is 10.2. The van der Waals surface area contributed by atoms with Crippen LogP contribution >= 0.6 is 0 Å². The van der Waals surface area contributed by atoms with E-state index in [0.717, 1.165) is 5.56 Å². The van der Waals surface area contributed by atoms with Crippen LogP contribution in [0.5, 0.6) is 0 Å². The second-order valence-electron chi connectivity index (χ2n) is 3.10. The number of aryl methyl sites for hydroxylation is 1. The third-order valence-corrected chi connectivity index (χ3v) is 1.84. The van der Waals surface area contributed by atoms with Gasteiger partial charge in [-0.1, -0.05) is 0 Å². The lowest BCUT2D eigenvalue weighted by Crippen LogP contribution is -1.87. The van der Waals surface area contributed by atoms with Gasteiger partial charge in [0.2, 0.25) is 0 Å². The molecule has 2 aromatic rings. The molecular weight excluding hydrogens is 202 g/mol. The van der Waals surface area contributed by atoms with Crippen LogP contribution < -0.4 is 0 Å². The van der Waals surface area contributed by atoms with Crippen molar-refractivity contribution in [2.24, 2.45) is 0 Å². The van der Waals surface area contributed by atoms with Gasteiger partial charge in [-0.15, -0.1) is 0 Å². The van der Waals surface area contributed by atoms with Crippen molar-refractivity contribution in [2.45, 2.75) is 13.3 Å². The predicted molar refractivity (Wildman–Crippen MR) is 49.3 cm³/mol. The van der Waals surface area contributed by atoms with Crippen LogP contribution in [0, 0.1) is 6.92 Å². The molecule has 0 amide bonds. The maximum atomic E-state index is 12.2. The Bertz CT molecular complexity index is 467. The molecule has 2 heterocycles. The summed E-state index contributed by atoms with van der Waals surface area (Å²) in [5.74, 6) is -0.187. The van der Waals surface area contributed by atoms with Gasteiger partial charge < -0.3 is 0 Å². The molecule has 0 aliphatic carbocycles. The SMILES string of the molecule is Cc1cncc(-c2n[nH]c(C(F)F)n2)c1. The van der Waals surface area contributed by atoms with Crippen molar-refractivity contribution in [1.29, 1.82) is 0 Å². The predicted octanol–water partition coefficient (Wildman–Crippen LogP) is 2.11. The van der Waals surface area contributed by atoms with E-state index in [-0.39, 0.29) is 5.82 Å². The van der Waals surface area contributed by atoms with E-state index in [0.29, 0.717) is 5.56 Å². The van der Waals surface area contributed by atoms with Gasteiger partial charge in [0.05, 0.1) is 0 Å². The first-order chi connectivity index (χ1) is 7.16. The highest BCUT2D eigenvalue weighted by molar-refractivity contribution is 5.53. The topological polar surface area (TPSA) is 54.5 Å². The third kappa shape index (κ3) is 1.98. The molecule has 15 heavy (non-hydrogen) atoms. The van der Waals surface area contributed by atoms with Crippen molar-refractivity contribution >= 4 is 0 Å². The molecule has 1 N–H and O–H groups in total. The van der Waals surface area contributed by atoms with Gasteiger partial charge in [-0.25, -0.2) is 13.8 Å². The molecule has 0 radical (unpaired) electrons. The molecule has 0 saturated carbocycles. The second kappa shape index (κ2) is 3.72. The molecule has 0 fully saturated rings. The maximum absolute atomic E-state index is 12.2. The Morgan fingerprint density at radius 1 is 1.33 bits per heavy atom. The fourth-order valence-electron chi connectivity index (χ4n) is 1.18. The molecule has 0 aliphatic heterocycles. The number of nitrogens with zero attached hydrogens (tertiary/aromatic N) is 3. The Morgan fingerprint density at radius 2 is 2.13 bits per heavy atom. The van der Waals surface area contributed by atoms with Crippen molar-refractivity contribution in [3.63, 3.8) is 0 Å². The standard InChI is InChI=1S/C9H8F2N4/c1-5-2-6(4-12-3-5)8-13-9(7(10)11)15-14-8/h2-4,7H,1H3,(H,13,14,15). The summed E-state index contributed by atoms with van der Waals surface area (Å²) >= 11 is 0. The number of hydrogen-bond acceptors (Lipinski definition) is 3. The van der Waals surface area contributed by atoms with Crippen LogP contribution in [0.15, 0.2) is 18.5 Å². The smallest absolute Gasteiger partial charge is 0.264 e. The number of hydrogen-bond donors (Lipinski definition) is 1. The number of alkyl halides is 2. The molecule has 2 rings (SSSR count). The first-order valence-electron chi connectivity index (χ1n) is 4.29. The Labute approximate surface area is 84.4 Å². The van der Waals surface area contributed by atoms with E-state index >= 15 is 0 Å². The molecule has 6 heteroatoms. The molecular formula is C9H8F2N4. The van der Waals surface area contributed by atoms with Crippen molar-refractivity contribution in [3.05, 3.63) is 29.8 Å². The normalized spacial score (nSPS) is 10.9. The van der Waals surface area contributed by atoms with Crippen LogP contribution in [-0.2, 0) is 0 Å². The minimum atomic E-state index is -2.64. The molecule has 78 valence electrons. The highest BCUT2D eigenvalue weighted by Crippen LogP contribution is 2.19. The van der Waals surface area contributed by atoms with E-state index in [2.05, 4.69) is 20.2 Å². The van der Waals surface area contributed by atoms with Gasteiger partial charge in [0, 0.05) is 18.0 Å². The summed E-state index contributed by atoms with van der Waals surface area (Å²) in [5.41, 5.74) is 1.55. The van der Waals surface area contributed by atoms with Crippen LogP contribution in [0.2, 0.25) is 0 Å². The van der Waals surface area contributed by atoms with Gasteiger partial charge >= 0.3 is 0 Å². The van der Waals surface area contributed by atoms with Gasteiger partial charge in [-0.2, -0.15) is 5.10 Å². The fraction of sp³-hybridized carbons (Fsp3) is 0.222. The van der Waals surface area contributed by atoms with Gasteiger partial charge in [0.15, 0.2) is 11.6 Å². The van der Waals surface area contributed by atoms with E-state index in [1.807, 2.05) is 6.92 Å². The average molecular weight is 210 g/mol. The molecule has 0 saturated heterocycles. The van der Waals surface area contributed by atoms with Crippen LogP contribution in [-0.4, -0.2) is 20.2 Å². The van der Waals surface area contributed by atoms with Crippen LogP contribution in [0.4, 0.5) is 8.78 Å². The summed E-state index contributed by atoms with van der Waals surface area (Å²) in [7, 11) is 0. The summed E-state index contributed by atoms with van der Waals surface area (Å²) in [6.45, 7) is 1.86. The number of rotatable bonds is 2. The summed E-state index contributed by atoms with van der Waals surface area (Å²) in [5, 5.41) is 5.88. The Morgan fingerprint density at radius 3 is 2.73 bits per heavy atom. The minimum Gasteiger partial charge on any atom is -0.264 e. The van der Waals surface area contributed by atoms with Crippen molar-refractivity contribution < 1.29 is 8.78 Å². The fourth-order valence-corrected chi connectivity index (χ4v) is 1.18. The molecule has 2 aromatic heterocycles. The zero-order valence-electron chi connectivity index (χ0n) is 7.91. The van der Waals surface area contributed by atoms with Gasteiger partial charge in [0.25, 0.3) is 6.43 Å². The number of aromatic amines is 1. The molecule has 4 nitrogen and oxygen atoms in total. The molecule has 0 bridgehead atoms. The Kier molecular flexibility index (Phi) is 2.40. The zero-order valence-corrected chi connectivity index (χ0v) is 7.91. The quantitative estimate of drug-likeness (QED) is 0.825. The molecule has 0 aromatic carbocycles.